The zero-order chi connectivity index (χ0) is 9.97. The summed E-state index contributed by atoms with van der Waals surface area (Å²) in [7, 11) is 3.61. The summed E-state index contributed by atoms with van der Waals surface area (Å²) in [6.07, 6.45) is 1.21. The molecule has 3 heteroatoms. The van der Waals surface area contributed by atoms with Gasteiger partial charge in [0.1, 0.15) is 6.10 Å². The van der Waals surface area contributed by atoms with Gasteiger partial charge in [-0.05, 0) is 13.1 Å². The van der Waals surface area contributed by atoms with Gasteiger partial charge in [0.25, 0.3) is 0 Å². The lowest BCUT2D eigenvalue weighted by atomic mass is 10.1. The number of para-hydroxylation sites is 1. The number of rotatable bonds is 3. The average molecular weight is 193 g/mol. The molecule has 0 amide bonds. The van der Waals surface area contributed by atoms with Crippen molar-refractivity contribution in [3.05, 3.63) is 23.8 Å². The van der Waals surface area contributed by atoms with E-state index in [2.05, 4.69) is 11.4 Å². The number of methoxy groups -OCH3 is 1. The molecule has 0 fully saturated rings. The molecule has 0 radical (unpaired) electrons. The number of benzene rings is 1. The van der Waals surface area contributed by atoms with E-state index in [1.54, 1.807) is 7.11 Å². The van der Waals surface area contributed by atoms with Crippen molar-refractivity contribution in [3.8, 4) is 11.5 Å². The first kappa shape index (κ1) is 9.34. The highest BCUT2D eigenvalue weighted by Gasteiger charge is 2.24. The van der Waals surface area contributed by atoms with E-state index in [1.165, 1.54) is 5.56 Å². The summed E-state index contributed by atoms with van der Waals surface area (Å²) in [5, 5.41) is 3.12. The predicted octanol–water partition coefficient (Wildman–Crippen LogP) is 1.22. The Hall–Kier alpha value is -1.22. The molecule has 3 nitrogen and oxygen atoms in total. The van der Waals surface area contributed by atoms with Crippen molar-refractivity contribution in [2.45, 2.75) is 12.5 Å². The number of hydrogen-bond donors (Lipinski definition) is 1. The molecule has 14 heavy (non-hydrogen) atoms. The van der Waals surface area contributed by atoms with Crippen LogP contribution in [-0.4, -0.2) is 26.8 Å². The van der Waals surface area contributed by atoms with E-state index in [9.17, 15) is 0 Å². The van der Waals surface area contributed by atoms with Gasteiger partial charge in [0, 0.05) is 18.5 Å². The average Bonchev–Trinajstić information content (AvgIpc) is 2.60. The van der Waals surface area contributed by atoms with Crippen LogP contribution in [0.25, 0.3) is 0 Å². The second-order valence-electron chi connectivity index (χ2n) is 3.45. The zero-order valence-corrected chi connectivity index (χ0v) is 8.54. The van der Waals surface area contributed by atoms with Crippen molar-refractivity contribution in [2.24, 2.45) is 0 Å². The third-order valence-corrected chi connectivity index (χ3v) is 2.44. The fourth-order valence-electron chi connectivity index (χ4n) is 1.81. The van der Waals surface area contributed by atoms with E-state index >= 15 is 0 Å². The highest BCUT2D eigenvalue weighted by atomic mass is 16.5. The molecule has 0 aromatic heterocycles. The van der Waals surface area contributed by atoms with Crippen molar-refractivity contribution < 1.29 is 9.47 Å². The van der Waals surface area contributed by atoms with Crippen LogP contribution in [0.1, 0.15) is 5.56 Å². The maximum Gasteiger partial charge on any atom is 0.164 e. The lowest BCUT2D eigenvalue weighted by Crippen LogP contribution is -2.27. The van der Waals surface area contributed by atoms with Gasteiger partial charge in [-0.2, -0.15) is 0 Å². The minimum atomic E-state index is 0.242. The summed E-state index contributed by atoms with van der Waals surface area (Å²) in [5.41, 5.74) is 1.24. The smallest absolute Gasteiger partial charge is 0.164 e. The molecule has 0 bridgehead atoms. The SMILES string of the molecule is CNCC1Cc2cccc(OC)c2O1. The molecule has 1 atom stereocenters. The van der Waals surface area contributed by atoms with Crippen molar-refractivity contribution in [2.75, 3.05) is 20.7 Å². The second kappa shape index (κ2) is 3.88. The van der Waals surface area contributed by atoms with Crippen LogP contribution < -0.4 is 14.8 Å². The molecule has 1 N–H and O–H groups in total. The molecule has 1 unspecified atom stereocenters. The van der Waals surface area contributed by atoms with Crippen molar-refractivity contribution in [1.82, 2.24) is 5.32 Å². The Labute approximate surface area is 84.0 Å². The van der Waals surface area contributed by atoms with Crippen molar-refractivity contribution in [1.29, 1.82) is 0 Å². The molecule has 76 valence electrons. The number of fused-ring (bicyclic) bond motifs is 1. The lowest BCUT2D eigenvalue weighted by Gasteiger charge is -2.10. The van der Waals surface area contributed by atoms with E-state index in [1.807, 2.05) is 19.2 Å². The minimum absolute atomic E-state index is 0.242. The Kier molecular flexibility index (Phi) is 2.59. The maximum absolute atomic E-state index is 5.78. The fourth-order valence-corrected chi connectivity index (χ4v) is 1.81. The highest BCUT2D eigenvalue weighted by Crippen LogP contribution is 2.37. The normalized spacial score (nSPS) is 18.9. The van der Waals surface area contributed by atoms with Crippen LogP contribution in [0.5, 0.6) is 11.5 Å². The van der Waals surface area contributed by atoms with Gasteiger partial charge in [0.2, 0.25) is 0 Å². The van der Waals surface area contributed by atoms with Crippen molar-refractivity contribution >= 4 is 0 Å². The third-order valence-electron chi connectivity index (χ3n) is 2.44. The molecule has 0 saturated heterocycles. The minimum Gasteiger partial charge on any atom is -0.493 e. The third kappa shape index (κ3) is 1.55. The van der Waals surface area contributed by atoms with E-state index in [4.69, 9.17) is 9.47 Å². The largest absolute Gasteiger partial charge is 0.493 e. The molecular formula is C11H15NO2. The molecule has 1 aromatic carbocycles. The Morgan fingerprint density at radius 3 is 3.14 bits per heavy atom. The Morgan fingerprint density at radius 1 is 1.57 bits per heavy atom. The standard InChI is InChI=1S/C11H15NO2/c1-12-7-9-6-8-4-3-5-10(13-2)11(8)14-9/h3-5,9,12H,6-7H2,1-2H3. The summed E-state index contributed by atoms with van der Waals surface area (Å²) in [4.78, 5) is 0. The number of ether oxygens (including phenoxy) is 2. The van der Waals surface area contributed by atoms with Gasteiger partial charge in [-0.3, -0.25) is 0 Å². The molecule has 1 aromatic rings. The van der Waals surface area contributed by atoms with Crippen LogP contribution in [0, 0.1) is 0 Å². The van der Waals surface area contributed by atoms with E-state index in [0.29, 0.717) is 0 Å². The summed E-state index contributed by atoms with van der Waals surface area (Å²) < 4.78 is 11.0. The summed E-state index contributed by atoms with van der Waals surface area (Å²) in [6, 6.07) is 6.02. The Bertz CT molecular complexity index is 325. The van der Waals surface area contributed by atoms with Gasteiger partial charge < -0.3 is 14.8 Å². The molecular weight excluding hydrogens is 178 g/mol. The zero-order valence-electron chi connectivity index (χ0n) is 8.54. The van der Waals surface area contributed by atoms with Crippen LogP contribution in [0.2, 0.25) is 0 Å². The monoisotopic (exact) mass is 193 g/mol. The first-order chi connectivity index (χ1) is 6.85. The van der Waals surface area contributed by atoms with Gasteiger partial charge in [-0.15, -0.1) is 0 Å². The summed E-state index contributed by atoms with van der Waals surface area (Å²) in [6.45, 7) is 0.873. The van der Waals surface area contributed by atoms with E-state index in [-0.39, 0.29) is 6.10 Å². The molecule has 0 aliphatic carbocycles. The van der Waals surface area contributed by atoms with Gasteiger partial charge in [0.15, 0.2) is 11.5 Å². The van der Waals surface area contributed by atoms with Crippen LogP contribution in [0.15, 0.2) is 18.2 Å². The highest BCUT2D eigenvalue weighted by molar-refractivity contribution is 5.49. The van der Waals surface area contributed by atoms with Gasteiger partial charge in [0.05, 0.1) is 7.11 Å². The summed E-state index contributed by atoms with van der Waals surface area (Å²) in [5.74, 6) is 1.75. The first-order valence-electron chi connectivity index (χ1n) is 4.82. The Balaban J connectivity index is 2.21. The predicted molar refractivity (Wildman–Crippen MR) is 55.0 cm³/mol. The lowest BCUT2D eigenvalue weighted by molar-refractivity contribution is 0.222. The number of hydrogen-bond acceptors (Lipinski definition) is 3. The van der Waals surface area contributed by atoms with Gasteiger partial charge >= 0.3 is 0 Å². The van der Waals surface area contributed by atoms with Crippen molar-refractivity contribution in [3.63, 3.8) is 0 Å². The molecule has 1 aliphatic heterocycles. The number of likely N-dealkylation sites (N-methyl/N-ethyl adjacent to an activating group) is 1. The van der Waals surface area contributed by atoms with Gasteiger partial charge in [-0.1, -0.05) is 12.1 Å². The van der Waals surface area contributed by atoms with Crippen LogP contribution in [0.4, 0.5) is 0 Å². The topological polar surface area (TPSA) is 30.5 Å². The summed E-state index contributed by atoms with van der Waals surface area (Å²) >= 11 is 0. The first-order valence-corrected chi connectivity index (χ1v) is 4.82. The molecule has 1 heterocycles. The molecule has 0 saturated carbocycles. The quantitative estimate of drug-likeness (QED) is 0.783. The Morgan fingerprint density at radius 2 is 2.43 bits per heavy atom. The second-order valence-corrected chi connectivity index (χ2v) is 3.45. The van der Waals surface area contributed by atoms with E-state index in [0.717, 1.165) is 24.5 Å². The molecule has 2 rings (SSSR count). The van der Waals surface area contributed by atoms with Crippen LogP contribution in [0.3, 0.4) is 0 Å². The number of nitrogens with one attached hydrogen (secondary N) is 1. The molecule has 1 aliphatic rings. The van der Waals surface area contributed by atoms with E-state index < -0.39 is 0 Å². The maximum atomic E-state index is 5.78. The molecule has 0 spiro atoms. The van der Waals surface area contributed by atoms with Crippen LogP contribution >= 0.6 is 0 Å². The fraction of sp³-hybridized carbons (Fsp3) is 0.455. The van der Waals surface area contributed by atoms with Crippen LogP contribution in [-0.2, 0) is 6.42 Å². The van der Waals surface area contributed by atoms with Gasteiger partial charge in [-0.25, -0.2) is 0 Å².